The minimum Gasteiger partial charge on any atom is -0.467 e. The van der Waals surface area contributed by atoms with Gasteiger partial charge in [0, 0.05) is 6.04 Å². The fraction of sp³-hybridized carbons (Fsp3) is 0.412. The Labute approximate surface area is 114 Å². The van der Waals surface area contributed by atoms with Crippen LogP contribution in [0.3, 0.4) is 0 Å². The third-order valence-corrected chi connectivity index (χ3v) is 3.92. The topological polar surface area (TPSA) is 25.2 Å². The molecule has 2 nitrogen and oxygen atoms in total. The molecule has 1 aliphatic carbocycles. The molecule has 1 aliphatic rings. The Morgan fingerprint density at radius 2 is 2.05 bits per heavy atom. The Bertz CT molecular complexity index is 491. The summed E-state index contributed by atoms with van der Waals surface area (Å²) >= 11 is 0. The molecule has 3 rings (SSSR count). The van der Waals surface area contributed by atoms with Gasteiger partial charge in [-0.2, -0.15) is 0 Å². The van der Waals surface area contributed by atoms with Gasteiger partial charge in [0.15, 0.2) is 0 Å². The summed E-state index contributed by atoms with van der Waals surface area (Å²) in [6, 6.07) is 15.4. The van der Waals surface area contributed by atoms with Crippen LogP contribution in [0.4, 0.5) is 0 Å². The quantitative estimate of drug-likeness (QED) is 0.839. The van der Waals surface area contributed by atoms with Gasteiger partial charge in [-0.3, -0.25) is 0 Å². The highest BCUT2D eigenvalue weighted by atomic mass is 16.3. The molecule has 3 unspecified atom stereocenters. The first-order chi connectivity index (χ1) is 9.38. The van der Waals surface area contributed by atoms with Crippen molar-refractivity contribution >= 4 is 0 Å². The van der Waals surface area contributed by atoms with Crippen LogP contribution >= 0.6 is 0 Å². The molecule has 1 aromatic carbocycles. The van der Waals surface area contributed by atoms with E-state index in [1.54, 1.807) is 6.26 Å². The molecule has 19 heavy (non-hydrogen) atoms. The lowest BCUT2D eigenvalue weighted by Gasteiger charge is -2.17. The minimum absolute atomic E-state index is 0.183. The van der Waals surface area contributed by atoms with Gasteiger partial charge in [-0.15, -0.1) is 0 Å². The molecule has 0 spiro atoms. The van der Waals surface area contributed by atoms with Crippen LogP contribution in [0.15, 0.2) is 53.1 Å². The molecule has 0 aliphatic heterocycles. The van der Waals surface area contributed by atoms with Crippen molar-refractivity contribution in [1.29, 1.82) is 0 Å². The first-order valence-electron chi connectivity index (χ1n) is 7.23. The van der Waals surface area contributed by atoms with Crippen LogP contribution in [0.25, 0.3) is 0 Å². The monoisotopic (exact) mass is 255 g/mol. The van der Waals surface area contributed by atoms with Gasteiger partial charge in [-0.1, -0.05) is 43.7 Å². The van der Waals surface area contributed by atoms with E-state index in [1.807, 2.05) is 6.07 Å². The summed E-state index contributed by atoms with van der Waals surface area (Å²) in [6.07, 6.45) is 5.66. The molecule has 3 atom stereocenters. The molecule has 1 saturated carbocycles. The van der Waals surface area contributed by atoms with Crippen molar-refractivity contribution in [1.82, 2.24) is 5.32 Å². The fourth-order valence-electron chi connectivity index (χ4n) is 2.80. The molecular weight excluding hydrogens is 234 g/mol. The van der Waals surface area contributed by atoms with Crippen molar-refractivity contribution in [3.63, 3.8) is 0 Å². The van der Waals surface area contributed by atoms with Crippen molar-refractivity contribution in [2.45, 2.75) is 38.3 Å². The number of hydrogen-bond acceptors (Lipinski definition) is 2. The van der Waals surface area contributed by atoms with Crippen LogP contribution in [0, 0.1) is 5.92 Å². The SMILES string of the molecule is CCCC1CC1NC(c1ccccc1)c1ccco1. The summed E-state index contributed by atoms with van der Waals surface area (Å²) < 4.78 is 5.61. The van der Waals surface area contributed by atoms with Crippen molar-refractivity contribution < 1.29 is 4.42 Å². The Hall–Kier alpha value is -1.54. The number of benzene rings is 1. The lowest BCUT2D eigenvalue weighted by molar-refractivity contribution is 0.436. The standard InChI is InChI=1S/C17H21NO/c1-2-7-14-12-15(14)18-17(16-10-6-11-19-16)13-8-4-3-5-9-13/h3-6,8-11,14-15,17-18H,2,7,12H2,1H3. The van der Waals surface area contributed by atoms with Crippen LogP contribution in [0.2, 0.25) is 0 Å². The number of nitrogens with one attached hydrogen (secondary N) is 1. The highest BCUT2D eigenvalue weighted by Gasteiger charge is 2.38. The van der Waals surface area contributed by atoms with Gasteiger partial charge in [0.05, 0.1) is 12.3 Å². The van der Waals surface area contributed by atoms with Gasteiger partial charge in [0.25, 0.3) is 0 Å². The number of rotatable bonds is 6. The molecule has 1 N–H and O–H groups in total. The largest absolute Gasteiger partial charge is 0.467 e. The third-order valence-electron chi connectivity index (χ3n) is 3.92. The number of furan rings is 1. The molecule has 0 saturated heterocycles. The summed E-state index contributed by atoms with van der Waals surface area (Å²) in [7, 11) is 0. The van der Waals surface area contributed by atoms with Gasteiger partial charge in [0.2, 0.25) is 0 Å². The summed E-state index contributed by atoms with van der Waals surface area (Å²) in [5.74, 6) is 1.86. The summed E-state index contributed by atoms with van der Waals surface area (Å²) in [5.41, 5.74) is 1.28. The predicted octanol–water partition coefficient (Wildman–Crippen LogP) is 4.15. The lowest BCUT2D eigenvalue weighted by Crippen LogP contribution is -2.25. The Balaban J connectivity index is 1.75. The van der Waals surface area contributed by atoms with Crippen molar-refractivity contribution in [3.05, 3.63) is 60.1 Å². The average Bonchev–Trinajstić information content (AvgIpc) is 2.96. The minimum atomic E-state index is 0.183. The molecule has 0 radical (unpaired) electrons. The van der Waals surface area contributed by atoms with E-state index in [9.17, 15) is 0 Å². The molecule has 2 heteroatoms. The molecule has 2 aromatic rings. The second kappa shape index (κ2) is 5.62. The van der Waals surface area contributed by atoms with Gasteiger partial charge in [-0.25, -0.2) is 0 Å². The molecule has 1 heterocycles. The highest BCUT2D eigenvalue weighted by Crippen LogP contribution is 2.37. The second-order valence-corrected chi connectivity index (χ2v) is 5.42. The van der Waals surface area contributed by atoms with Crippen LogP contribution in [0.1, 0.15) is 43.6 Å². The molecule has 1 aromatic heterocycles. The Morgan fingerprint density at radius 3 is 2.74 bits per heavy atom. The van der Waals surface area contributed by atoms with E-state index in [0.717, 1.165) is 11.7 Å². The maximum Gasteiger partial charge on any atom is 0.125 e. The van der Waals surface area contributed by atoms with E-state index >= 15 is 0 Å². The van der Waals surface area contributed by atoms with E-state index in [-0.39, 0.29) is 6.04 Å². The zero-order chi connectivity index (χ0) is 13.1. The second-order valence-electron chi connectivity index (χ2n) is 5.42. The van der Waals surface area contributed by atoms with E-state index in [4.69, 9.17) is 4.42 Å². The van der Waals surface area contributed by atoms with Gasteiger partial charge >= 0.3 is 0 Å². The molecule has 0 bridgehead atoms. The fourth-order valence-corrected chi connectivity index (χ4v) is 2.80. The normalized spacial score (nSPS) is 23.2. The molecular formula is C17H21NO. The van der Waals surface area contributed by atoms with Crippen LogP contribution in [-0.4, -0.2) is 6.04 Å². The summed E-state index contributed by atoms with van der Waals surface area (Å²) in [6.45, 7) is 2.26. The van der Waals surface area contributed by atoms with Crippen molar-refractivity contribution in [3.8, 4) is 0 Å². The zero-order valence-corrected chi connectivity index (χ0v) is 11.4. The van der Waals surface area contributed by atoms with E-state index in [0.29, 0.717) is 6.04 Å². The third kappa shape index (κ3) is 2.90. The van der Waals surface area contributed by atoms with Gasteiger partial charge in [0.1, 0.15) is 5.76 Å². The molecule has 1 fully saturated rings. The van der Waals surface area contributed by atoms with Crippen LogP contribution in [0.5, 0.6) is 0 Å². The highest BCUT2D eigenvalue weighted by molar-refractivity contribution is 5.27. The maximum atomic E-state index is 5.61. The van der Waals surface area contributed by atoms with Gasteiger partial charge < -0.3 is 9.73 Å². The lowest BCUT2D eigenvalue weighted by atomic mass is 10.0. The Morgan fingerprint density at radius 1 is 1.21 bits per heavy atom. The van der Waals surface area contributed by atoms with Crippen molar-refractivity contribution in [2.24, 2.45) is 5.92 Å². The zero-order valence-electron chi connectivity index (χ0n) is 11.4. The summed E-state index contributed by atoms with van der Waals surface area (Å²) in [5, 5.41) is 3.75. The van der Waals surface area contributed by atoms with E-state index in [1.165, 1.54) is 24.8 Å². The molecule has 100 valence electrons. The maximum absolute atomic E-state index is 5.61. The van der Waals surface area contributed by atoms with Crippen LogP contribution < -0.4 is 5.32 Å². The first kappa shape index (κ1) is 12.5. The van der Waals surface area contributed by atoms with E-state index < -0.39 is 0 Å². The summed E-state index contributed by atoms with van der Waals surface area (Å²) in [4.78, 5) is 0. The smallest absolute Gasteiger partial charge is 0.125 e. The first-order valence-corrected chi connectivity index (χ1v) is 7.23. The molecule has 0 amide bonds. The van der Waals surface area contributed by atoms with Crippen molar-refractivity contribution in [2.75, 3.05) is 0 Å². The van der Waals surface area contributed by atoms with Gasteiger partial charge in [-0.05, 0) is 36.5 Å². The average molecular weight is 255 g/mol. The Kier molecular flexibility index (Phi) is 3.69. The number of hydrogen-bond donors (Lipinski definition) is 1. The van der Waals surface area contributed by atoms with E-state index in [2.05, 4.69) is 48.6 Å². The predicted molar refractivity (Wildman–Crippen MR) is 76.9 cm³/mol. The van der Waals surface area contributed by atoms with Crippen LogP contribution in [-0.2, 0) is 0 Å².